The van der Waals surface area contributed by atoms with Gasteiger partial charge in [-0.25, -0.2) is 13.2 Å². The molecule has 1 aromatic rings. The number of morpholine rings is 1. The summed E-state index contributed by atoms with van der Waals surface area (Å²) in [6, 6.07) is 4.84. The highest BCUT2D eigenvalue weighted by Gasteiger charge is 2.30. The third-order valence-electron chi connectivity index (χ3n) is 3.74. The van der Waals surface area contributed by atoms with Crippen LogP contribution in [0.15, 0.2) is 24.3 Å². The number of ether oxygens (including phenoxy) is 2. The molecule has 2 N–H and O–H groups in total. The van der Waals surface area contributed by atoms with Gasteiger partial charge in [0.25, 0.3) is 0 Å². The van der Waals surface area contributed by atoms with E-state index in [0.29, 0.717) is 0 Å². The molecular weight excluding hydrogens is 384 g/mol. The zero-order valence-corrected chi connectivity index (χ0v) is 15.8. The summed E-state index contributed by atoms with van der Waals surface area (Å²) in [5.41, 5.74) is 0.240. The van der Waals surface area contributed by atoms with Gasteiger partial charge < -0.3 is 20.1 Å². The van der Waals surface area contributed by atoms with Crippen LogP contribution in [0, 0.1) is 0 Å². The highest BCUT2D eigenvalue weighted by Crippen LogP contribution is 2.19. The maximum absolute atomic E-state index is 12.4. The molecule has 152 valence electrons. The van der Waals surface area contributed by atoms with E-state index >= 15 is 0 Å². The van der Waals surface area contributed by atoms with E-state index in [0.717, 1.165) is 0 Å². The first-order chi connectivity index (χ1) is 12.7. The minimum atomic E-state index is -3.53. The maximum Gasteiger partial charge on any atom is 0.387 e. The van der Waals surface area contributed by atoms with Crippen molar-refractivity contribution in [3.05, 3.63) is 24.3 Å². The minimum absolute atomic E-state index is 0.0957. The Kier molecular flexibility index (Phi) is 7.33. The van der Waals surface area contributed by atoms with Gasteiger partial charge in [0, 0.05) is 31.4 Å². The molecule has 0 bridgehead atoms. The average molecular weight is 407 g/mol. The number of halogens is 2. The number of anilines is 1. The molecule has 1 aliphatic rings. The van der Waals surface area contributed by atoms with Crippen molar-refractivity contribution in [1.29, 1.82) is 0 Å². The first-order valence-corrected chi connectivity index (χ1v) is 9.99. The summed E-state index contributed by atoms with van der Waals surface area (Å²) in [6.07, 6.45) is -0.384. The number of hydrogen-bond donors (Lipinski definition) is 2. The molecule has 0 aromatic heterocycles. The van der Waals surface area contributed by atoms with Crippen LogP contribution in [0.1, 0.15) is 13.8 Å². The number of carbonyl (C=O) groups is 1. The average Bonchev–Trinajstić information content (AvgIpc) is 2.53. The Labute approximate surface area is 156 Å². The van der Waals surface area contributed by atoms with Crippen LogP contribution in [-0.2, 0) is 14.8 Å². The van der Waals surface area contributed by atoms with Gasteiger partial charge in [0.1, 0.15) is 5.75 Å². The largest absolute Gasteiger partial charge is 0.435 e. The van der Waals surface area contributed by atoms with E-state index in [1.807, 2.05) is 0 Å². The van der Waals surface area contributed by atoms with Gasteiger partial charge in [0.2, 0.25) is 10.0 Å². The fourth-order valence-corrected chi connectivity index (χ4v) is 4.20. The van der Waals surface area contributed by atoms with Gasteiger partial charge in [-0.1, -0.05) is 6.07 Å². The molecule has 2 atom stereocenters. The molecular formula is C16H23F2N3O5S. The molecule has 0 spiro atoms. The molecule has 1 heterocycles. The highest BCUT2D eigenvalue weighted by atomic mass is 32.2. The molecule has 1 fully saturated rings. The SMILES string of the molecule is CC1CN(S(=O)(=O)CCNC(=O)Nc2cccc(OC(F)F)c2)CC(C)O1. The van der Waals surface area contributed by atoms with Gasteiger partial charge in [0.15, 0.2) is 0 Å². The molecule has 1 saturated heterocycles. The van der Waals surface area contributed by atoms with E-state index in [2.05, 4.69) is 15.4 Å². The van der Waals surface area contributed by atoms with Crippen molar-refractivity contribution in [2.45, 2.75) is 32.7 Å². The zero-order valence-electron chi connectivity index (χ0n) is 15.0. The van der Waals surface area contributed by atoms with Crippen LogP contribution in [0.2, 0.25) is 0 Å². The van der Waals surface area contributed by atoms with E-state index in [1.54, 1.807) is 13.8 Å². The van der Waals surface area contributed by atoms with Crippen LogP contribution in [-0.4, -0.2) is 63.0 Å². The van der Waals surface area contributed by atoms with E-state index in [4.69, 9.17) is 4.74 Å². The van der Waals surface area contributed by atoms with Crippen LogP contribution in [0.25, 0.3) is 0 Å². The Morgan fingerprint density at radius 1 is 1.33 bits per heavy atom. The van der Waals surface area contributed by atoms with Crippen LogP contribution < -0.4 is 15.4 Å². The van der Waals surface area contributed by atoms with E-state index < -0.39 is 22.7 Å². The van der Waals surface area contributed by atoms with Crippen molar-refractivity contribution in [3.8, 4) is 5.75 Å². The molecule has 2 amide bonds. The number of rotatable bonds is 7. The molecule has 1 aliphatic heterocycles. The third kappa shape index (κ3) is 6.92. The van der Waals surface area contributed by atoms with Gasteiger partial charge >= 0.3 is 12.6 Å². The molecule has 1 aromatic carbocycles. The normalized spacial score (nSPS) is 21.1. The summed E-state index contributed by atoms with van der Waals surface area (Å²) >= 11 is 0. The Bertz CT molecular complexity index is 737. The lowest BCUT2D eigenvalue weighted by Gasteiger charge is -2.34. The van der Waals surface area contributed by atoms with E-state index in [9.17, 15) is 22.0 Å². The highest BCUT2D eigenvalue weighted by molar-refractivity contribution is 7.89. The molecule has 27 heavy (non-hydrogen) atoms. The summed E-state index contributed by atoms with van der Waals surface area (Å²) in [5, 5.41) is 4.87. The van der Waals surface area contributed by atoms with Crippen LogP contribution >= 0.6 is 0 Å². The second kappa shape index (κ2) is 9.29. The van der Waals surface area contributed by atoms with Crippen molar-refractivity contribution in [3.63, 3.8) is 0 Å². The van der Waals surface area contributed by atoms with Gasteiger partial charge in [-0.05, 0) is 26.0 Å². The van der Waals surface area contributed by atoms with Crippen molar-refractivity contribution < 1.29 is 31.5 Å². The lowest BCUT2D eigenvalue weighted by atomic mass is 10.3. The first kappa shape index (κ1) is 21.3. The second-order valence-corrected chi connectivity index (χ2v) is 8.27. The van der Waals surface area contributed by atoms with Crippen molar-refractivity contribution in [2.75, 3.05) is 30.7 Å². The summed E-state index contributed by atoms with van der Waals surface area (Å²) in [4.78, 5) is 11.9. The second-order valence-electron chi connectivity index (χ2n) is 6.18. The number of alkyl halides is 2. The fourth-order valence-electron chi connectivity index (χ4n) is 2.71. The molecule has 8 nitrogen and oxygen atoms in total. The molecule has 0 radical (unpaired) electrons. The molecule has 2 rings (SSSR count). The minimum Gasteiger partial charge on any atom is -0.435 e. The summed E-state index contributed by atoms with van der Waals surface area (Å²) in [6.45, 7) is 1.09. The van der Waals surface area contributed by atoms with Gasteiger partial charge in [-0.2, -0.15) is 13.1 Å². The number of nitrogens with zero attached hydrogens (tertiary/aromatic N) is 1. The monoisotopic (exact) mass is 407 g/mol. The number of hydrogen-bond acceptors (Lipinski definition) is 5. The lowest BCUT2D eigenvalue weighted by Crippen LogP contribution is -2.49. The third-order valence-corrected chi connectivity index (χ3v) is 5.55. The Balaban J connectivity index is 1.82. The maximum atomic E-state index is 12.4. The predicted molar refractivity (Wildman–Crippen MR) is 95.5 cm³/mol. The van der Waals surface area contributed by atoms with E-state index in [-0.39, 0.29) is 49.0 Å². The number of nitrogens with one attached hydrogen (secondary N) is 2. The standard InChI is InChI=1S/C16H23F2N3O5S/c1-11-9-21(10-12(2)25-11)27(23,24)7-6-19-16(22)20-13-4-3-5-14(8-13)26-15(17)18/h3-5,8,11-12,15H,6-7,9-10H2,1-2H3,(H2,19,20,22). The smallest absolute Gasteiger partial charge is 0.387 e. The molecule has 0 aliphatic carbocycles. The summed E-state index contributed by atoms with van der Waals surface area (Å²) in [5.74, 6) is -0.352. The number of carbonyl (C=O) groups excluding carboxylic acids is 1. The summed E-state index contributed by atoms with van der Waals surface area (Å²) < 4.78 is 60.3. The van der Waals surface area contributed by atoms with Gasteiger partial charge in [0.05, 0.1) is 18.0 Å². The number of benzene rings is 1. The Hall–Kier alpha value is -1.98. The van der Waals surface area contributed by atoms with Crippen molar-refractivity contribution in [2.24, 2.45) is 0 Å². The molecule has 0 saturated carbocycles. The Morgan fingerprint density at radius 2 is 2.00 bits per heavy atom. The Morgan fingerprint density at radius 3 is 2.63 bits per heavy atom. The van der Waals surface area contributed by atoms with E-state index in [1.165, 1.54) is 28.6 Å². The predicted octanol–water partition coefficient (Wildman–Crippen LogP) is 1.85. The van der Waals surface area contributed by atoms with Crippen LogP contribution in [0.5, 0.6) is 5.75 Å². The molecule has 11 heteroatoms. The quantitative estimate of drug-likeness (QED) is 0.719. The first-order valence-electron chi connectivity index (χ1n) is 8.38. The number of amides is 2. The molecule has 2 unspecified atom stereocenters. The van der Waals surface area contributed by atoms with Crippen LogP contribution in [0.3, 0.4) is 0 Å². The lowest BCUT2D eigenvalue weighted by molar-refractivity contribution is -0.0498. The van der Waals surface area contributed by atoms with Crippen LogP contribution in [0.4, 0.5) is 19.3 Å². The van der Waals surface area contributed by atoms with Gasteiger partial charge in [-0.3, -0.25) is 0 Å². The zero-order chi connectivity index (χ0) is 20.0. The number of sulfonamides is 1. The van der Waals surface area contributed by atoms with Gasteiger partial charge in [-0.15, -0.1) is 0 Å². The number of urea groups is 1. The topological polar surface area (TPSA) is 97.0 Å². The van der Waals surface area contributed by atoms with Crippen molar-refractivity contribution >= 4 is 21.7 Å². The van der Waals surface area contributed by atoms with Crippen molar-refractivity contribution in [1.82, 2.24) is 9.62 Å². The summed E-state index contributed by atoms with van der Waals surface area (Å²) in [7, 11) is -3.53. The fraction of sp³-hybridized carbons (Fsp3) is 0.562.